The van der Waals surface area contributed by atoms with Crippen molar-refractivity contribution in [2.24, 2.45) is 0 Å². The van der Waals surface area contributed by atoms with Gasteiger partial charge in [-0.3, -0.25) is 13.9 Å². The lowest BCUT2D eigenvalue weighted by Crippen LogP contribution is -2.51. The molecule has 0 aromatic heterocycles. The fourth-order valence-corrected chi connectivity index (χ4v) is 3.96. The summed E-state index contributed by atoms with van der Waals surface area (Å²) in [6.45, 7) is 1.13. The van der Waals surface area contributed by atoms with Crippen molar-refractivity contribution in [2.45, 2.75) is 25.9 Å². The molecule has 10 heteroatoms. The molecule has 0 fully saturated rings. The first-order valence-corrected chi connectivity index (χ1v) is 11.4. The van der Waals surface area contributed by atoms with Crippen molar-refractivity contribution in [2.75, 3.05) is 24.2 Å². The molecule has 0 bridgehead atoms. The van der Waals surface area contributed by atoms with Crippen LogP contribution in [0.1, 0.15) is 18.9 Å². The zero-order valence-electron chi connectivity index (χ0n) is 17.5. The number of carbonyl (C=O) groups excluding carboxylic acids is 2. The standard InChI is InChI=1S/C21H25F2N3O4S/c1-4-19(21(28)24-2)25(13-15-8-6-5-7-9-15)20(27)14-26(31(3,29)30)16-10-11-17(22)18(23)12-16/h5-12,19H,4,13-14H2,1-3H3,(H,24,28)/t19-/m0/s1. The monoisotopic (exact) mass is 453 g/mol. The van der Waals surface area contributed by atoms with Crippen LogP contribution in [0.25, 0.3) is 0 Å². The highest BCUT2D eigenvalue weighted by atomic mass is 32.2. The van der Waals surface area contributed by atoms with E-state index in [2.05, 4.69) is 5.32 Å². The minimum atomic E-state index is -4.01. The first-order chi connectivity index (χ1) is 14.6. The highest BCUT2D eigenvalue weighted by molar-refractivity contribution is 7.92. The van der Waals surface area contributed by atoms with E-state index in [1.807, 2.05) is 0 Å². The second-order valence-electron chi connectivity index (χ2n) is 6.91. The highest BCUT2D eigenvalue weighted by Gasteiger charge is 2.31. The van der Waals surface area contributed by atoms with E-state index in [-0.39, 0.29) is 12.2 Å². The zero-order valence-corrected chi connectivity index (χ0v) is 18.3. The quantitative estimate of drug-likeness (QED) is 0.631. The molecular weight excluding hydrogens is 428 g/mol. The van der Waals surface area contributed by atoms with Crippen molar-refractivity contribution in [1.82, 2.24) is 10.2 Å². The molecule has 0 spiro atoms. The van der Waals surface area contributed by atoms with E-state index >= 15 is 0 Å². The Kier molecular flexibility index (Phi) is 8.09. The average molecular weight is 454 g/mol. The van der Waals surface area contributed by atoms with Gasteiger partial charge in [-0.15, -0.1) is 0 Å². The Bertz CT molecular complexity index is 1030. The maximum atomic E-state index is 13.7. The minimum absolute atomic E-state index is 0.0704. The van der Waals surface area contributed by atoms with Crippen molar-refractivity contribution in [3.8, 4) is 0 Å². The van der Waals surface area contributed by atoms with Gasteiger partial charge in [-0.2, -0.15) is 0 Å². The van der Waals surface area contributed by atoms with Gasteiger partial charge in [-0.05, 0) is 24.1 Å². The molecule has 0 unspecified atom stereocenters. The van der Waals surface area contributed by atoms with Crippen LogP contribution in [0.4, 0.5) is 14.5 Å². The van der Waals surface area contributed by atoms with Crippen molar-refractivity contribution < 1.29 is 26.8 Å². The Balaban J connectivity index is 2.42. The second kappa shape index (κ2) is 10.3. The lowest BCUT2D eigenvalue weighted by atomic mass is 10.1. The van der Waals surface area contributed by atoms with E-state index < -0.39 is 46.1 Å². The number of rotatable bonds is 9. The molecule has 1 atom stereocenters. The van der Waals surface area contributed by atoms with Crippen LogP contribution in [0.15, 0.2) is 48.5 Å². The summed E-state index contributed by atoms with van der Waals surface area (Å²) in [4.78, 5) is 26.9. The molecule has 0 aliphatic rings. The van der Waals surface area contributed by atoms with Crippen LogP contribution < -0.4 is 9.62 Å². The third kappa shape index (κ3) is 6.24. The molecule has 0 saturated heterocycles. The van der Waals surface area contributed by atoms with Gasteiger partial charge in [0, 0.05) is 19.7 Å². The van der Waals surface area contributed by atoms with Gasteiger partial charge in [0.2, 0.25) is 21.8 Å². The minimum Gasteiger partial charge on any atom is -0.357 e. The summed E-state index contributed by atoms with van der Waals surface area (Å²) in [7, 11) is -2.57. The number of hydrogen-bond donors (Lipinski definition) is 1. The number of carbonyl (C=O) groups is 2. The molecule has 0 heterocycles. The normalized spacial score (nSPS) is 12.2. The van der Waals surface area contributed by atoms with Crippen LogP contribution in [0.3, 0.4) is 0 Å². The number of likely N-dealkylation sites (N-methyl/N-ethyl adjacent to an activating group) is 1. The van der Waals surface area contributed by atoms with E-state index in [0.717, 1.165) is 24.0 Å². The lowest BCUT2D eigenvalue weighted by Gasteiger charge is -2.32. The summed E-state index contributed by atoms with van der Waals surface area (Å²) >= 11 is 0. The number of sulfonamides is 1. The van der Waals surface area contributed by atoms with Crippen LogP contribution in [0.2, 0.25) is 0 Å². The molecule has 0 saturated carbocycles. The number of nitrogens with zero attached hydrogens (tertiary/aromatic N) is 2. The number of hydrogen-bond acceptors (Lipinski definition) is 4. The van der Waals surface area contributed by atoms with Crippen molar-refractivity contribution in [3.05, 3.63) is 65.7 Å². The molecule has 2 aromatic carbocycles. The van der Waals surface area contributed by atoms with E-state index in [4.69, 9.17) is 0 Å². The summed E-state index contributed by atoms with van der Waals surface area (Å²) in [6, 6.07) is 10.6. The highest BCUT2D eigenvalue weighted by Crippen LogP contribution is 2.22. The van der Waals surface area contributed by atoms with E-state index in [9.17, 15) is 26.8 Å². The van der Waals surface area contributed by atoms with Gasteiger partial charge in [-0.1, -0.05) is 37.3 Å². The Labute approximate surface area is 180 Å². The SMILES string of the molecule is CC[C@@H](C(=O)NC)N(Cc1ccccc1)C(=O)CN(c1ccc(F)c(F)c1)S(C)(=O)=O. The van der Waals surface area contributed by atoms with Crippen molar-refractivity contribution in [3.63, 3.8) is 0 Å². The molecule has 0 radical (unpaired) electrons. The molecule has 0 aliphatic carbocycles. The Morgan fingerprint density at radius 1 is 1.06 bits per heavy atom. The van der Waals surface area contributed by atoms with Crippen molar-refractivity contribution in [1.29, 1.82) is 0 Å². The predicted octanol–water partition coefficient (Wildman–Crippen LogP) is 2.28. The fourth-order valence-electron chi connectivity index (χ4n) is 3.12. The van der Waals surface area contributed by atoms with Crippen LogP contribution in [0.5, 0.6) is 0 Å². The third-order valence-corrected chi connectivity index (χ3v) is 5.84. The van der Waals surface area contributed by atoms with Crippen LogP contribution in [-0.4, -0.2) is 51.0 Å². The first kappa shape index (κ1) is 24.3. The molecule has 2 rings (SSSR count). The van der Waals surface area contributed by atoms with Gasteiger partial charge in [-0.25, -0.2) is 17.2 Å². The Morgan fingerprint density at radius 2 is 1.71 bits per heavy atom. The summed E-state index contributed by atoms with van der Waals surface area (Å²) in [6.07, 6.45) is 1.15. The van der Waals surface area contributed by atoms with Crippen LogP contribution in [-0.2, 0) is 26.2 Å². The summed E-state index contributed by atoms with van der Waals surface area (Å²) in [5.41, 5.74) is 0.555. The van der Waals surface area contributed by atoms with Crippen LogP contribution in [0, 0.1) is 11.6 Å². The van der Waals surface area contributed by atoms with Gasteiger partial charge in [0.15, 0.2) is 11.6 Å². The van der Waals surface area contributed by atoms with Gasteiger partial charge < -0.3 is 10.2 Å². The Hall–Kier alpha value is -3.01. The maximum absolute atomic E-state index is 13.7. The first-order valence-electron chi connectivity index (χ1n) is 9.56. The number of benzene rings is 2. The maximum Gasteiger partial charge on any atom is 0.244 e. The largest absolute Gasteiger partial charge is 0.357 e. The number of nitrogens with one attached hydrogen (secondary N) is 1. The van der Waals surface area contributed by atoms with Gasteiger partial charge in [0.25, 0.3) is 0 Å². The summed E-state index contributed by atoms with van der Waals surface area (Å²) in [5.74, 6) is -3.43. The van der Waals surface area contributed by atoms with E-state index in [1.54, 1.807) is 37.3 Å². The fraction of sp³-hybridized carbons (Fsp3) is 0.333. The topological polar surface area (TPSA) is 86.8 Å². The molecule has 168 valence electrons. The second-order valence-corrected chi connectivity index (χ2v) is 8.82. The molecule has 2 aromatic rings. The van der Waals surface area contributed by atoms with E-state index in [0.29, 0.717) is 16.8 Å². The molecule has 7 nitrogen and oxygen atoms in total. The van der Waals surface area contributed by atoms with E-state index in [1.165, 1.54) is 11.9 Å². The number of anilines is 1. The smallest absolute Gasteiger partial charge is 0.244 e. The van der Waals surface area contributed by atoms with Gasteiger partial charge >= 0.3 is 0 Å². The molecular formula is C21H25F2N3O4S. The van der Waals surface area contributed by atoms with Crippen molar-refractivity contribution >= 4 is 27.5 Å². The van der Waals surface area contributed by atoms with Crippen LogP contribution >= 0.6 is 0 Å². The molecule has 0 aliphatic heterocycles. The third-order valence-electron chi connectivity index (χ3n) is 4.70. The summed E-state index contributed by atoms with van der Waals surface area (Å²) in [5, 5.41) is 2.51. The average Bonchev–Trinajstić information content (AvgIpc) is 2.73. The Morgan fingerprint density at radius 3 is 2.23 bits per heavy atom. The number of halogens is 2. The predicted molar refractivity (Wildman–Crippen MR) is 114 cm³/mol. The summed E-state index contributed by atoms with van der Waals surface area (Å²) < 4.78 is 52.4. The lowest BCUT2D eigenvalue weighted by molar-refractivity contribution is -0.140. The zero-order chi connectivity index (χ0) is 23.2. The van der Waals surface area contributed by atoms with Gasteiger partial charge in [0.05, 0.1) is 11.9 Å². The molecule has 2 amide bonds. The van der Waals surface area contributed by atoms with Gasteiger partial charge in [0.1, 0.15) is 12.6 Å². The number of amides is 2. The molecule has 1 N–H and O–H groups in total. The molecule has 31 heavy (non-hydrogen) atoms.